The molecule has 2 atom stereocenters. The van der Waals surface area contributed by atoms with Crippen LogP contribution in [0.2, 0.25) is 0 Å². The van der Waals surface area contributed by atoms with E-state index in [1.807, 2.05) is 0 Å². The number of likely N-dealkylation sites (tertiary alicyclic amines) is 1. The topological polar surface area (TPSA) is 79.2 Å². The zero-order valence-electron chi connectivity index (χ0n) is 10.9. The Hall–Kier alpha value is -1.79. The van der Waals surface area contributed by atoms with E-state index in [9.17, 15) is 15.0 Å². The van der Waals surface area contributed by atoms with Crippen molar-refractivity contribution in [1.29, 1.82) is 0 Å². The standard InChI is InChI=1S/C13H17NO5/c1-18-8-3-4-9(12(5-8)19-2)13(17)14-6-10(15)11(16)7-14/h3-5,10-11,15-16H,6-7H2,1-2H3/t10-,11+. The van der Waals surface area contributed by atoms with Gasteiger partial charge in [0.05, 0.1) is 32.0 Å². The molecule has 1 saturated heterocycles. The number of nitrogens with zero attached hydrogens (tertiary/aromatic N) is 1. The summed E-state index contributed by atoms with van der Waals surface area (Å²) in [5, 5.41) is 19.0. The lowest BCUT2D eigenvalue weighted by atomic mass is 10.1. The highest BCUT2D eigenvalue weighted by Gasteiger charge is 2.33. The van der Waals surface area contributed by atoms with Crippen molar-refractivity contribution in [1.82, 2.24) is 4.90 Å². The van der Waals surface area contributed by atoms with E-state index in [0.717, 1.165) is 0 Å². The van der Waals surface area contributed by atoms with Gasteiger partial charge in [-0.1, -0.05) is 0 Å². The second-order valence-electron chi connectivity index (χ2n) is 4.41. The third-order valence-corrected chi connectivity index (χ3v) is 3.19. The Morgan fingerprint density at radius 2 is 1.84 bits per heavy atom. The fourth-order valence-corrected chi connectivity index (χ4v) is 2.08. The summed E-state index contributed by atoms with van der Waals surface area (Å²) in [6.07, 6.45) is -1.79. The molecule has 0 aromatic heterocycles. The van der Waals surface area contributed by atoms with Crippen molar-refractivity contribution in [3.05, 3.63) is 23.8 Å². The van der Waals surface area contributed by atoms with Gasteiger partial charge in [-0.2, -0.15) is 0 Å². The number of hydrogen-bond donors (Lipinski definition) is 2. The molecule has 1 aliphatic rings. The predicted octanol–water partition coefficient (Wildman–Crippen LogP) is -0.119. The van der Waals surface area contributed by atoms with Crippen molar-refractivity contribution < 1.29 is 24.5 Å². The van der Waals surface area contributed by atoms with E-state index in [-0.39, 0.29) is 19.0 Å². The van der Waals surface area contributed by atoms with E-state index < -0.39 is 12.2 Å². The van der Waals surface area contributed by atoms with Crippen molar-refractivity contribution in [2.75, 3.05) is 27.3 Å². The molecule has 1 aliphatic heterocycles. The van der Waals surface area contributed by atoms with Crippen LogP contribution in [0.3, 0.4) is 0 Å². The number of amides is 1. The molecule has 1 amide bonds. The number of methoxy groups -OCH3 is 2. The Morgan fingerprint density at radius 3 is 2.37 bits per heavy atom. The maximum absolute atomic E-state index is 12.3. The lowest BCUT2D eigenvalue weighted by Gasteiger charge is -2.17. The van der Waals surface area contributed by atoms with Crippen LogP contribution in [0.4, 0.5) is 0 Å². The number of β-amino-alcohol motifs (C(OH)–C–C–N with tert-alkyl or cyclic N) is 2. The highest BCUT2D eigenvalue weighted by atomic mass is 16.5. The summed E-state index contributed by atoms with van der Waals surface area (Å²) in [5.74, 6) is 0.713. The normalized spacial score (nSPS) is 22.4. The highest BCUT2D eigenvalue weighted by molar-refractivity contribution is 5.97. The van der Waals surface area contributed by atoms with Gasteiger partial charge in [-0.3, -0.25) is 4.79 Å². The second-order valence-corrected chi connectivity index (χ2v) is 4.41. The summed E-state index contributed by atoms with van der Waals surface area (Å²) in [6, 6.07) is 4.89. The minimum Gasteiger partial charge on any atom is -0.497 e. The van der Waals surface area contributed by atoms with Crippen molar-refractivity contribution in [3.8, 4) is 11.5 Å². The number of carbonyl (C=O) groups excluding carboxylic acids is 1. The average molecular weight is 267 g/mol. The van der Waals surface area contributed by atoms with E-state index >= 15 is 0 Å². The number of benzene rings is 1. The Bertz CT molecular complexity index is 466. The molecule has 2 rings (SSSR count). The van der Waals surface area contributed by atoms with Gasteiger partial charge in [0.15, 0.2) is 0 Å². The van der Waals surface area contributed by atoms with E-state index in [0.29, 0.717) is 17.1 Å². The minimum absolute atomic E-state index is 0.120. The van der Waals surface area contributed by atoms with Crippen LogP contribution in [0.1, 0.15) is 10.4 Å². The molecule has 1 aromatic carbocycles. The van der Waals surface area contributed by atoms with Gasteiger partial charge in [0.25, 0.3) is 5.91 Å². The van der Waals surface area contributed by atoms with Crippen LogP contribution >= 0.6 is 0 Å². The van der Waals surface area contributed by atoms with Crippen molar-refractivity contribution in [2.45, 2.75) is 12.2 Å². The zero-order chi connectivity index (χ0) is 14.0. The minimum atomic E-state index is -0.895. The van der Waals surface area contributed by atoms with Crippen LogP contribution in [0.5, 0.6) is 11.5 Å². The smallest absolute Gasteiger partial charge is 0.257 e. The molecule has 2 N–H and O–H groups in total. The lowest BCUT2D eigenvalue weighted by molar-refractivity contribution is 0.0572. The molecule has 0 saturated carbocycles. The first-order valence-corrected chi connectivity index (χ1v) is 5.94. The fraction of sp³-hybridized carbons (Fsp3) is 0.462. The Balaban J connectivity index is 2.24. The highest BCUT2D eigenvalue weighted by Crippen LogP contribution is 2.26. The molecule has 19 heavy (non-hydrogen) atoms. The number of carbonyl (C=O) groups is 1. The molecule has 0 bridgehead atoms. The Kier molecular flexibility index (Phi) is 3.92. The van der Waals surface area contributed by atoms with Gasteiger partial charge in [0.2, 0.25) is 0 Å². The van der Waals surface area contributed by atoms with Crippen LogP contribution in [0, 0.1) is 0 Å². The average Bonchev–Trinajstić information content (AvgIpc) is 2.77. The largest absolute Gasteiger partial charge is 0.497 e. The molecule has 6 heteroatoms. The van der Waals surface area contributed by atoms with Crippen molar-refractivity contribution >= 4 is 5.91 Å². The van der Waals surface area contributed by atoms with Crippen LogP contribution < -0.4 is 9.47 Å². The summed E-state index contributed by atoms with van der Waals surface area (Å²) < 4.78 is 10.2. The number of aliphatic hydroxyl groups excluding tert-OH is 2. The number of aliphatic hydroxyl groups is 2. The number of hydrogen-bond acceptors (Lipinski definition) is 5. The van der Waals surface area contributed by atoms with E-state index in [2.05, 4.69) is 0 Å². The quantitative estimate of drug-likeness (QED) is 0.798. The second kappa shape index (κ2) is 5.46. The maximum atomic E-state index is 12.3. The molecular weight excluding hydrogens is 250 g/mol. The molecular formula is C13H17NO5. The number of ether oxygens (including phenoxy) is 2. The Labute approximate surface area is 111 Å². The van der Waals surface area contributed by atoms with E-state index in [1.54, 1.807) is 18.2 Å². The van der Waals surface area contributed by atoms with E-state index in [1.165, 1.54) is 19.1 Å². The molecule has 0 aliphatic carbocycles. The van der Waals surface area contributed by atoms with Crippen LogP contribution in [0.25, 0.3) is 0 Å². The molecule has 1 fully saturated rings. The van der Waals surface area contributed by atoms with Gasteiger partial charge in [-0.15, -0.1) is 0 Å². The molecule has 0 unspecified atom stereocenters. The molecule has 1 heterocycles. The summed E-state index contributed by atoms with van der Waals surface area (Å²) in [5.41, 5.74) is 0.379. The Morgan fingerprint density at radius 1 is 1.21 bits per heavy atom. The van der Waals surface area contributed by atoms with Gasteiger partial charge in [0.1, 0.15) is 11.5 Å². The van der Waals surface area contributed by atoms with Crippen molar-refractivity contribution in [2.24, 2.45) is 0 Å². The van der Waals surface area contributed by atoms with Crippen LogP contribution in [-0.4, -0.2) is 60.5 Å². The summed E-state index contributed by atoms with van der Waals surface area (Å²) in [7, 11) is 3.00. The van der Waals surface area contributed by atoms with Gasteiger partial charge in [0, 0.05) is 19.2 Å². The third kappa shape index (κ3) is 2.64. The molecule has 104 valence electrons. The maximum Gasteiger partial charge on any atom is 0.257 e. The van der Waals surface area contributed by atoms with Crippen LogP contribution in [0.15, 0.2) is 18.2 Å². The number of rotatable bonds is 3. The van der Waals surface area contributed by atoms with Gasteiger partial charge in [-0.25, -0.2) is 0 Å². The summed E-state index contributed by atoms with van der Waals surface area (Å²) in [4.78, 5) is 13.7. The first kappa shape index (κ1) is 13.6. The zero-order valence-corrected chi connectivity index (χ0v) is 10.9. The monoisotopic (exact) mass is 267 g/mol. The first-order chi connectivity index (χ1) is 9.06. The van der Waals surface area contributed by atoms with Crippen molar-refractivity contribution in [3.63, 3.8) is 0 Å². The lowest BCUT2D eigenvalue weighted by Crippen LogP contribution is -2.30. The van der Waals surface area contributed by atoms with Gasteiger partial charge >= 0.3 is 0 Å². The summed E-state index contributed by atoms with van der Waals surface area (Å²) >= 11 is 0. The first-order valence-electron chi connectivity index (χ1n) is 5.94. The molecule has 0 radical (unpaired) electrons. The fourth-order valence-electron chi connectivity index (χ4n) is 2.08. The molecule has 6 nitrogen and oxygen atoms in total. The third-order valence-electron chi connectivity index (χ3n) is 3.19. The van der Waals surface area contributed by atoms with Gasteiger partial charge in [-0.05, 0) is 12.1 Å². The molecule has 0 spiro atoms. The summed E-state index contributed by atoms with van der Waals surface area (Å²) in [6.45, 7) is 0.240. The van der Waals surface area contributed by atoms with E-state index in [4.69, 9.17) is 9.47 Å². The predicted molar refractivity (Wildman–Crippen MR) is 67.5 cm³/mol. The van der Waals surface area contributed by atoms with Crippen LogP contribution in [-0.2, 0) is 0 Å². The SMILES string of the molecule is COc1ccc(C(=O)N2C[C@@H](O)[C@@H](O)C2)c(OC)c1. The van der Waals surface area contributed by atoms with Gasteiger partial charge < -0.3 is 24.6 Å². The molecule has 1 aromatic rings.